The fourth-order valence-electron chi connectivity index (χ4n) is 4.20. The Morgan fingerprint density at radius 2 is 2.08 bits per heavy atom. The number of anilines is 1. The highest BCUT2D eigenvalue weighted by Gasteiger charge is 2.41. The maximum absolute atomic E-state index is 6.32. The molecule has 3 aromatic rings. The van der Waals surface area contributed by atoms with Crippen molar-refractivity contribution in [3.63, 3.8) is 0 Å². The van der Waals surface area contributed by atoms with Crippen molar-refractivity contribution in [3.8, 4) is 0 Å². The molecule has 2 aliphatic rings. The van der Waals surface area contributed by atoms with Gasteiger partial charge in [-0.3, -0.25) is 4.68 Å². The van der Waals surface area contributed by atoms with Crippen LogP contribution >= 0.6 is 11.3 Å². The molecule has 3 aromatic heterocycles. The van der Waals surface area contributed by atoms with Gasteiger partial charge in [0.2, 0.25) is 0 Å². The molecule has 1 fully saturated rings. The predicted octanol–water partition coefficient (Wildman–Crippen LogP) is 2.80. The summed E-state index contributed by atoms with van der Waals surface area (Å²) < 4.78 is 8.14. The minimum atomic E-state index is -0.0970. The lowest BCUT2D eigenvalue weighted by Gasteiger charge is -2.44. The molecule has 6 nitrogen and oxygen atoms in total. The third kappa shape index (κ3) is 2.29. The molecule has 25 heavy (non-hydrogen) atoms. The zero-order valence-electron chi connectivity index (χ0n) is 14.5. The number of nitrogens with zero attached hydrogens (tertiary/aromatic N) is 5. The third-order valence-corrected chi connectivity index (χ3v) is 6.48. The van der Waals surface area contributed by atoms with E-state index in [-0.39, 0.29) is 5.60 Å². The van der Waals surface area contributed by atoms with E-state index in [0.29, 0.717) is 0 Å². The Kier molecular flexibility index (Phi) is 3.36. The van der Waals surface area contributed by atoms with Crippen LogP contribution in [0.3, 0.4) is 0 Å². The average molecular weight is 355 g/mol. The van der Waals surface area contributed by atoms with Gasteiger partial charge in [-0.2, -0.15) is 5.10 Å². The summed E-state index contributed by atoms with van der Waals surface area (Å²) in [5.41, 5.74) is 2.23. The Morgan fingerprint density at radius 1 is 1.24 bits per heavy atom. The average Bonchev–Trinajstić information content (AvgIpc) is 3.24. The summed E-state index contributed by atoms with van der Waals surface area (Å²) in [7, 11) is 1.93. The van der Waals surface area contributed by atoms with E-state index in [1.165, 1.54) is 10.4 Å². The minimum absolute atomic E-state index is 0.0970. The normalized spacial score (nSPS) is 19.5. The number of hydrogen-bond donors (Lipinski definition) is 0. The maximum atomic E-state index is 6.32. The predicted molar refractivity (Wildman–Crippen MR) is 98.1 cm³/mol. The molecule has 0 radical (unpaired) electrons. The van der Waals surface area contributed by atoms with Crippen molar-refractivity contribution in [2.75, 3.05) is 24.6 Å². The second-order valence-corrected chi connectivity index (χ2v) is 7.94. The quantitative estimate of drug-likeness (QED) is 0.672. The van der Waals surface area contributed by atoms with Crippen LogP contribution < -0.4 is 4.90 Å². The topological polar surface area (TPSA) is 56.1 Å². The van der Waals surface area contributed by atoms with Crippen molar-refractivity contribution in [1.29, 1.82) is 0 Å². The molecule has 0 bridgehead atoms. The van der Waals surface area contributed by atoms with Crippen LogP contribution in [0.1, 0.15) is 29.1 Å². The minimum Gasteiger partial charge on any atom is -0.370 e. The van der Waals surface area contributed by atoms with Crippen LogP contribution in [-0.4, -0.2) is 39.4 Å². The van der Waals surface area contributed by atoms with Crippen LogP contribution in [0.25, 0.3) is 11.0 Å². The van der Waals surface area contributed by atoms with E-state index in [1.54, 1.807) is 0 Å². The molecule has 0 atom stereocenters. The van der Waals surface area contributed by atoms with Gasteiger partial charge in [-0.15, -0.1) is 11.3 Å². The summed E-state index contributed by atoms with van der Waals surface area (Å²) in [6, 6.07) is 2.27. The van der Waals surface area contributed by atoms with E-state index in [2.05, 4.69) is 26.4 Å². The first kappa shape index (κ1) is 15.3. The summed E-state index contributed by atoms with van der Waals surface area (Å²) in [5.74, 6) is 1.80. The number of ether oxygens (including phenoxy) is 1. The SMILES string of the molecule is Cc1nc(N2CCC3(CC2)OCCc2sccc23)c2cnn(C)c2n1. The van der Waals surface area contributed by atoms with Gasteiger partial charge in [-0.1, -0.05) is 0 Å². The molecule has 0 unspecified atom stereocenters. The van der Waals surface area contributed by atoms with Crippen LogP contribution in [0.4, 0.5) is 5.82 Å². The fraction of sp³-hybridized carbons (Fsp3) is 0.500. The van der Waals surface area contributed by atoms with Gasteiger partial charge in [0, 0.05) is 31.4 Å². The number of fused-ring (bicyclic) bond motifs is 3. The number of thiophene rings is 1. The molecule has 0 aliphatic carbocycles. The number of piperidine rings is 1. The van der Waals surface area contributed by atoms with Gasteiger partial charge in [0.15, 0.2) is 5.65 Å². The summed E-state index contributed by atoms with van der Waals surface area (Å²) in [6.07, 6.45) is 4.94. The number of rotatable bonds is 1. The number of aromatic nitrogens is 4. The zero-order valence-corrected chi connectivity index (χ0v) is 15.3. The summed E-state index contributed by atoms with van der Waals surface area (Å²) in [5, 5.41) is 7.60. The molecule has 1 spiro atoms. The van der Waals surface area contributed by atoms with E-state index in [1.807, 2.05) is 36.2 Å². The molecule has 0 N–H and O–H groups in total. The van der Waals surface area contributed by atoms with Crippen LogP contribution in [0.15, 0.2) is 17.6 Å². The largest absolute Gasteiger partial charge is 0.370 e. The van der Waals surface area contributed by atoms with Crippen LogP contribution in [0.5, 0.6) is 0 Å². The second-order valence-electron chi connectivity index (χ2n) is 6.94. The Hall–Kier alpha value is -1.99. The van der Waals surface area contributed by atoms with Gasteiger partial charge >= 0.3 is 0 Å². The number of aryl methyl sites for hydroxylation is 2. The van der Waals surface area contributed by atoms with Gasteiger partial charge in [-0.25, -0.2) is 9.97 Å². The lowest BCUT2D eigenvalue weighted by molar-refractivity contribution is -0.0757. The summed E-state index contributed by atoms with van der Waals surface area (Å²) in [6.45, 7) is 4.67. The molecule has 2 aliphatic heterocycles. The van der Waals surface area contributed by atoms with Gasteiger partial charge in [-0.05, 0) is 36.8 Å². The molecule has 0 amide bonds. The van der Waals surface area contributed by atoms with Crippen molar-refractivity contribution in [3.05, 3.63) is 33.9 Å². The van der Waals surface area contributed by atoms with Crippen molar-refractivity contribution in [1.82, 2.24) is 19.7 Å². The second kappa shape index (κ2) is 5.51. The first-order valence-corrected chi connectivity index (χ1v) is 9.66. The fourth-order valence-corrected chi connectivity index (χ4v) is 5.16. The summed E-state index contributed by atoms with van der Waals surface area (Å²) in [4.78, 5) is 13.1. The highest BCUT2D eigenvalue weighted by molar-refractivity contribution is 7.10. The lowest BCUT2D eigenvalue weighted by atomic mass is 9.82. The first-order valence-electron chi connectivity index (χ1n) is 8.78. The zero-order chi connectivity index (χ0) is 17.0. The van der Waals surface area contributed by atoms with Crippen LogP contribution in [0.2, 0.25) is 0 Å². The van der Waals surface area contributed by atoms with Gasteiger partial charge < -0.3 is 9.64 Å². The number of hydrogen-bond acceptors (Lipinski definition) is 6. The van der Waals surface area contributed by atoms with Crippen molar-refractivity contribution < 1.29 is 4.74 Å². The van der Waals surface area contributed by atoms with Crippen molar-refractivity contribution in [2.24, 2.45) is 7.05 Å². The van der Waals surface area contributed by atoms with E-state index < -0.39 is 0 Å². The Bertz CT molecular complexity index is 938. The van der Waals surface area contributed by atoms with Crippen LogP contribution in [-0.2, 0) is 23.8 Å². The maximum Gasteiger partial charge on any atom is 0.163 e. The van der Waals surface area contributed by atoms with E-state index in [9.17, 15) is 0 Å². The Morgan fingerprint density at radius 3 is 2.92 bits per heavy atom. The standard InChI is InChI=1S/C18H21N5OS/c1-12-20-16-13(11-19-22(16)2)17(21-12)23-7-5-18(6-8-23)14-4-10-25-15(14)3-9-24-18/h4,10-11H,3,5-9H2,1-2H3. The van der Waals surface area contributed by atoms with E-state index >= 15 is 0 Å². The highest BCUT2D eigenvalue weighted by Crippen LogP contribution is 2.44. The van der Waals surface area contributed by atoms with Gasteiger partial charge in [0.1, 0.15) is 11.6 Å². The molecule has 7 heteroatoms. The van der Waals surface area contributed by atoms with E-state index in [4.69, 9.17) is 9.72 Å². The van der Waals surface area contributed by atoms with Crippen LogP contribution in [0, 0.1) is 6.92 Å². The van der Waals surface area contributed by atoms with Gasteiger partial charge in [0.05, 0.1) is 23.8 Å². The van der Waals surface area contributed by atoms with Crippen molar-refractivity contribution in [2.45, 2.75) is 31.8 Å². The molecule has 5 rings (SSSR count). The smallest absolute Gasteiger partial charge is 0.163 e. The molecule has 1 saturated heterocycles. The Labute approximate surface area is 150 Å². The molecule has 5 heterocycles. The first-order chi connectivity index (χ1) is 12.2. The molecule has 130 valence electrons. The highest BCUT2D eigenvalue weighted by atomic mass is 32.1. The van der Waals surface area contributed by atoms with Gasteiger partial charge in [0.25, 0.3) is 0 Å². The molecular weight excluding hydrogens is 334 g/mol. The molecule has 0 saturated carbocycles. The van der Waals surface area contributed by atoms with E-state index in [0.717, 1.165) is 61.6 Å². The lowest BCUT2D eigenvalue weighted by Crippen LogP contribution is -2.46. The monoisotopic (exact) mass is 355 g/mol. The Balaban J connectivity index is 1.47. The summed E-state index contributed by atoms with van der Waals surface area (Å²) >= 11 is 1.87. The molecular formula is C18H21N5OS. The third-order valence-electron chi connectivity index (χ3n) is 5.50. The van der Waals surface area contributed by atoms with Crippen molar-refractivity contribution >= 4 is 28.2 Å². The molecule has 0 aromatic carbocycles.